The summed E-state index contributed by atoms with van der Waals surface area (Å²) in [7, 11) is 0. The van der Waals surface area contributed by atoms with Gasteiger partial charge in [0.25, 0.3) is 5.56 Å². The normalized spacial score (nSPS) is 11.2. The molecule has 28 heavy (non-hydrogen) atoms. The lowest BCUT2D eigenvalue weighted by Crippen LogP contribution is -2.32. The Morgan fingerprint density at radius 3 is 2.86 bits per heavy atom. The standard InChI is InChI=1S/C20H17ClN4O2S/c1-11-7-12(2)24-19-16(11)17-18(28-19)20(27)25(10-23-17)9-15(26)22-8-13-5-3-4-6-14(13)21/h3-7,10H,8-9H2,1-2H3,(H,22,26). The Bertz CT molecular complexity index is 1280. The first-order chi connectivity index (χ1) is 13.4. The van der Waals surface area contributed by atoms with Gasteiger partial charge in [0, 0.05) is 22.6 Å². The van der Waals surface area contributed by atoms with Crippen LogP contribution in [0.3, 0.4) is 0 Å². The minimum atomic E-state index is -0.283. The minimum absolute atomic E-state index is 0.105. The van der Waals surface area contributed by atoms with Gasteiger partial charge in [0.15, 0.2) is 0 Å². The summed E-state index contributed by atoms with van der Waals surface area (Å²) in [5.74, 6) is -0.283. The van der Waals surface area contributed by atoms with E-state index in [1.54, 1.807) is 6.07 Å². The lowest BCUT2D eigenvalue weighted by atomic mass is 10.1. The molecule has 0 saturated carbocycles. The highest BCUT2D eigenvalue weighted by atomic mass is 35.5. The molecule has 0 saturated heterocycles. The van der Waals surface area contributed by atoms with Gasteiger partial charge in [-0.15, -0.1) is 11.3 Å². The monoisotopic (exact) mass is 412 g/mol. The van der Waals surface area contributed by atoms with Crippen molar-refractivity contribution in [3.05, 3.63) is 68.9 Å². The van der Waals surface area contributed by atoms with Gasteiger partial charge in [-0.25, -0.2) is 9.97 Å². The lowest BCUT2D eigenvalue weighted by Gasteiger charge is -2.08. The Kier molecular flexibility index (Phi) is 4.87. The highest BCUT2D eigenvalue weighted by Gasteiger charge is 2.16. The number of fused-ring (bicyclic) bond motifs is 3. The van der Waals surface area contributed by atoms with Crippen molar-refractivity contribution in [2.24, 2.45) is 0 Å². The third-order valence-electron chi connectivity index (χ3n) is 4.49. The lowest BCUT2D eigenvalue weighted by molar-refractivity contribution is -0.121. The fourth-order valence-corrected chi connectivity index (χ4v) is 4.56. The van der Waals surface area contributed by atoms with E-state index >= 15 is 0 Å². The number of carbonyl (C=O) groups excluding carboxylic acids is 1. The number of hydrogen-bond donors (Lipinski definition) is 1. The quantitative estimate of drug-likeness (QED) is 0.555. The third kappa shape index (κ3) is 3.39. The minimum Gasteiger partial charge on any atom is -0.350 e. The van der Waals surface area contributed by atoms with Crippen molar-refractivity contribution in [3.8, 4) is 0 Å². The van der Waals surface area contributed by atoms with Crippen molar-refractivity contribution < 1.29 is 4.79 Å². The second-order valence-corrected chi connectivity index (χ2v) is 7.99. The number of nitrogens with one attached hydrogen (secondary N) is 1. The van der Waals surface area contributed by atoms with Crippen LogP contribution in [0.2, 0.25) is 5.02 Å². The predicted molar refractivity (Wildman–Crippen MR) is 112 cm³/mol. The van der Waals surface area contributed by atoms with Crippen molar-refractivity contribution in [2.75, 3.05) is 0 Å². The largest absolute Gasteiger partial charge is 0.350 e. The number of carbonyl (C=O) groups is 1. The molecule has 1 aromatic carbocycles. The van der Waals surface area contributed by atoms with Crippen molar-refractivity contribution in [1.29, 1.82) is 0 Å². The zero-order valence-electron chi connectivity index (χ0n) is 15.3. The topological polar surface area (TPSA) is 76.9 Å². The van der Waals surface area contributed by atoms with E-state index in [1.807, 2.05) is 38.1 Å². The number of amides is 1. The maximum atomic E-state index is 12.9. The van der Waals surface area contributed by atoms with E-state index in [2.05, 4.69) is 15.3 Å². The summed E-state index contributed by atoms with van der Waals surface area (Å²) in [4.78, 5) is 34.9. The smallest absolute Gasteiger partial charge is 0.271 e. The summed E-state index contributed by atoms with van der Waals surface area (Å²) in [6.07, 6.45) is 1.42. The van der Waals surface area contributed by atoms with Crippen LogP contribution in [-0.2, 0) is 17.9 Å². The summed E-state index contributed by atoms with van der Waals surface area (Å²) >= 11 is 7.41. The van der Waals surface area contributed by atoms with Gasteiger partial charge in [-0.1, -0.05) is 29.8 Å². The second-order valence-electron chi connectivity index (χ2n) is 6.59. The van der Waals surface area contributed by atoms with Crippen LogP contribution < -0.4 is 10.9 Å². The highest BCUT2D eigenvalue weighted by Crippen LogP contribution is 2.31. The first-order valence-electron chi connectivity index (χ1n) is 8.70. The van der Waals surface area contributed by atoms with Gasteiger partial charge in [-0.3, -0.25) is 14.2 Å². The number of pyridine rings is 1. The van der Waals surface area contributed by atoms with Crippen LogP contribution >= 0.6 is 22.9 Å². The number of thiophene rings is 1. The molecule has 0 fully saturated rings. The van der Waals surface area contributed by atoms with Gasteiger partial charge in [0.05, 0.1) is 11.8 Å². The molecule has 0 unspecified atom stereocenters. The average molecular weight is 413 g/mol. The van der Waals surface area contributed by atoms with Gasteiger partial charge in [0.2, 0.25) is 5.91 Å². The fraction of sp³-hybridized carbons (Fsp3) is 0.200. The molecule has 0 bridgehead atoms. The second kappa shape index (κ2) is 7.33. The van der Waals surface area contributed by atoms with Crippen molar-refractivity contribution in [3.63, 3.8) is 0 Å². The van der Waals surface area contributed by atoms with E-state index in [4.69, 9.17) is 11.6 Å². The van der Waals surface area contributed by atoms with Crippen LogP contribution in [0.1, 0.15) is 16.8 Å². The van der Waals surface area contributed by atoms with Gasteiger partial charge in [0.1, 0.15) is 16.1 Å². The zero-order chi connectivity index (χ0) is 19.8. The molecule has 1 amide bonds. The summed E-state index contributed by atoms with van der Waals surface area (Å²) < 4.78 is 1.83. The van der Waals surface area contributed by atoms with Crippen LogP contribution in [-0.4, -0.2) is 20.4 Å². The molecule has 1 N–H and O–H groups in total. The molecule has 3 aromatic heterocycles. The SMILES string of the molecule is Cc1cc(C)c2c(n1)sc1c(=O)n(CC(=O)NCc3ccccc3Cl)cnc12. The Morgan fingerprint density at radius 2 is 2.07 bits per heavy atom. The number of benzene rings is 1. The van der Waals surface area contributed by atoms with Crippen molar-refractivity contribution in [1.82, 2.24) is 19.9 Å². The molecule has 0 atom stereocenters. The maximum Gasteiger partial charge on any atom is 0.271 e. The molecular formula is C20H17ClN4O2S. The molecule has 8 heteroatoms. The fourth-order valence-electron chi connectivity index (χ4n) is 3.16. The van der Waals surface area contributed by atoms with Gasteiger partial charge >= 0.3 is 0 Å². The average Bonchev–Trinajstić information content (AvgIpc) is 3.03. The maximum absolute atomic E-state index is 12.9. The molecule has 6 nitrogen and oxygen atoms in total. The molecule has 4 aromatic rings. The Labute approximate surface area is 169 Å². The first-order valence-corrected chi connectivity index (χ1v) is 9.89. The van der Waals surface area contributed by atoms with Crippen molar-refractivity contribution >= 4 is 49.3 Å². The number of aromatic nitrogens is 3. The molecule has 0 aliphatic heterocycles. The molecule has 3 heterocycles. The van der Waals surface area contributed by atoms with E-state index in [1.165, 1.54) is 22.2 Å². The molecule has 4 rings (SSSR count). The summed E-state index contributed by atoms with van der Waals surface area (Å²) in [6.45, 7) is 4.10. The van der Waals surface area contributed by atoms with Crippen LogP contribution in [0.25, 0.3) is 20.4 Å². The van der Waals surface area contributed by atoms with Crippen molar-refractivity contribution in [2.45, 2.75) is 26.9 Å². The van der Waals surface area contributed by atoms with E-state index in [0.717, 1.165) is 27.0 Å². The Balaban J connectivity index is 1.61. The molecule has 0 radical (unpaired) electrons. The zero-order valence-corrected chi connectivity index (χ0v) is 16.9. The predicted octanol–water partition coefficient (Wildman–Crippen LogP) is 3.59. The Hall–Kier alpha value is -2.77. The summed E-state index contributed by atoms with van der Waals surface area (Å²) in [5, 5.41) is 4.28. The van der Waals surface area contributed by atoms with E-state index in [9.17, 15) is 9.59 Å². The highest BCUT2D eigenvalue weighted by molar-refractivity contribution is 7.25. The van der Waals surface area contributed by atoms with Crippen LogP contribution in [0.4, 0.5) is 0 Å². The number of aryl methyl sites for hydroxylation is 2. The number of rotatable bonds is 4. The molecule has 142 valence electrons. The molecule has 0 spiro atoms. The molecule has 0 aliphatic rings. The summed E-state index contributed by atoms with van der Waals surface area (Å²) in [6, 6.07) is 9.28. The van der Waals surface area contributed by atoms with Crippen LogP contribution in [0.15, 0.2) is 41.5 Å². The van der Waals surface area contributed by atoms with E-state index in [0.29, 0.717) is 21.8 Å². The first kappa shape index (κ1) is 18.6. The number of nitrogens with zero attached hydrogens (tertiary/aromatic N) is 3. The van der Waals surface area contributed by atoms with E-state index < -0.39 is 0 Å². The Morgan fingerprint density at radius 1 is 1.29 bits per heavy atom. The van der Waals surface area contributed by atoms with Gasteiger partial charge in [-0.2, -0.15) is 0 Å². The number of halogens is 1. The summed E-state index contributed by atoms with van der Waals surface area (Å²) in [5.41, 5.74) is 3.16. The number of hydrogen-bond acceptors (Lipinski definition) is 5. The van der Waals surface area contributed by atoms with Gasteiger partial charge in [-0.05, 0) is 37.1 Å². The third-order valence-corrected chi connectivity index (χ3v) is 5.92. The van der Waals surface area contributed by atoms with Gasteiger partial charge < -0.3 is 5.32 Å². The molecule has 0 aliphatic carbocycles. The molecular weight excluding hydrogens is 396 g/mol. The van der Waals surface area contributed by atoms with Crippen LogP contribution in [0, 0.1) is 13.8 Å². The van der Waals surface area contributed by atoms with E-state index in [-0.39, 0.29) is 18.0 Å². The van der Waals surface area contributed by atoms with Crippen LogP contribution in [0.5, 0.6) is 0 Å².